The Morgan fingerprint density at radius 2 is 2.14 bits per heavy atom. The summed E-state index contributed by atoms with van der Waals surface area (Å²) in [6.45, 7) is 6.02. The van der Waals surface area contributed by atoms with Crippen LogP contribution in [0.4, 0.5) is 5.82 Å². The SMILES string of the molecule is CC1C(Nc2nccn(C)c2=O)CCC(C(=O)O)C1(C)C. The second-order valence-corrected chi connectivity index (χ2v) is 6.52. The first-order valence-corrected chi connectivity index (χ1v) is 7.26. The second kappa shape index (κ2) is 5.50. The largest absolute Gasteiger partial charge is 0.481 e. The molecule has 0 bridgehead atoms. The Morgan fingerprint density at radius 1 is 1.48 bits per heavy atom. The fraction of sp³-hybridized carbons (Fsp3) is 0.667. The monoisotopic (exact) mass is 293 g/mol. The molecule has 21 heavy (non-hydrogen) atoms. The molecule has 116 valence electrons. The van der Waals surface area contributed by atoms with E-state index in [1.807, 2.05) is 20.8 Å². The summed E-state index contributed by atoms with van der Waals surface area (Å²) in [5.41, 5.74) is -0.496. The molecule has 0 saturated heterocycles. The first-order valence-electron chi connectivity index (χ1n) is 7.26. The molecule has 1 fully saturated rings. The van der Waals surface area contributed by atoms with Gasteiger partial charge in [-0.1, -0.05) is 20.8 Å². The summed E-state index contributed by atoms with van der Waals surface area (Å²) >= 11 is 0. The fourth-order valence-corrected chi connectivity index (χ4v) is 3.22. The maximum absolute atomic E-state index is 12.0. The number of aryl methyl sites for hydroxylation is 1. The Balaban J connectivity index is 2.21. The molecule has 2 N–H and O–H groups in total. The molecule has 0 aliphatic heterocycles. The van der Waals surface area contributed by atoms with Gasteiger partial charge in [-0.15, -0.1) is 0 Å². The molecular weight excluding hydrogens is 270 g/mol. The molecule has 3 atom stereocenters. The van der Waals surface area contributed by atoms with E-state index in [-0.39, 0.29) is 28.9 Å². The molecule has 0 radical (unpaired) electrons. The molecular formula is C15H23N3O3. The van der Waals surface area contributed by atoms with E-state index >= 15 is 0 Å². The van der Waals surface area contributed by atoms with Gasteiger partial charge in [0.2, 0.25) is 0 Å². The zero-order valence-electron chi connectivity index (χ0n) is 13.0. The highest BCUT2D eigenvalue weighted by Gasteiger charge is 2.46. The number of carboxylic acid groups (broad SMARTS) is 1. The number of hydrogen-bond acceptors (Lipinski definition) is 4. The molecule has 3 unspecified atom stereocenters. The third kappa shape index (κ3) is 2.80. The van der Waals surface area contributed by atoms with Crippen LogP contribution < -0.4 is 10.9 Å². The first kappa shape index (κ1) is 15.5. The number of nitrogens with zero attached hydrogens (tertiary/aromatic N) is 2. The molecule has 6 nitrogen and oxygen atoms in total. The van der Waals surface area contributed by atoms with Crippen molar-refractivity contribution in [2.75, 3.05) is 5.32 Å². The molecule has 1 aliphatic rings. The highest BCUT2D eigenvalue weighted by Crippen LogP contribution is 2.45. The van der Waals surface area contributed by atoms with Crippen LogP contribution in [0, 0.1) is 17.3 Å². The van der Waals surface area contributed by atoms with Gasteiger partial charge in [-0.2, -0.15) is 0 Å². The summed E-state index contributed by atoms with van der Waals surface area (Å²) in [6.07, 6.45) is 4.53. The van der Waals surface area contributed by atoms with Gasteiger partial charge in [0.05, 0.1) is 5.92 Å². The molecule has 1 aliphatic carbocycles. The van der Waals surface area contributed by atoms with Crippen LogP contribution >= 0.6 is 0 Å². The van der Waals surface area contributed by atoms with Gasteiger partial charge >= 0.3 is 5.97 Å². The van der Waals surface area contributed by atoms with Crippen LogP contribution in [0.1, 0.15) is 33.6 Å². The van der Waals surface area contributed by atoms with E-state index in [0.29, 0.717) is 12.2 Å². The van der Waals surface area contributed by atoms with Gasteiger partial charge in [-0.25, -0.2) is 4.98 Å². The van der Waals surface area contributed by atoms with Crippen molar-refractivity contribution in [2.45, 2.75) is 39.7 Å². The Morgan fingerprint density at radius 3 is 2.76 bits per heavy atom. The number of aromatic nitrogens is 2. The topological polar surface area (TPSA) is 84.2 Å². The van der Waals surface area contributed by atoms with Crippen LogP contribution in [0.15, 0.2) is 17.2 Å². The van der Waals surface area contributed by atoms with Gasteiger partial charge in [0.25, 0.3) is 5.56 Å². The number of carbonyl (C=O) groups is 1. The van der Waals surface area contributed by atoms with Crippen molar-refractivity contribution >= 4 is 11.8 Å². The van der Waals surface area contributed by atoms with Gasteiger partial charge in [0.15, 0.2) is 5.82 Å². The maximum Gasteiger partial charge on any atom is 0.307 e. The lowest BCUT2D eigenvalue weighted by molar-refractivity contribution is -0.149. The number of carboxylic acids is 1. The van der Waals surface area contributed by atoms with Gasteiger partial charge in [0.1, 0.15) is 0 Å². The van der Waals surface area contributed by atoms with Crippen LogP contribution in [0.3, 0.4) is 0 Å². The third-order valence-electron chi connectivity index (χ3n) is 5.08. The van der Waals surface area contributed by atoms with Crippen LogP contribution in [0.25, 0.3) is 0 Å². The summed E-state index contributed by atoms with van der Waals surface area (Å²) in [6, 6.07) is 0.0539. The van der Waals surface area contributed by atoms with E-state index in [0.717, 1.165) is 6.42 Å². The Bertz CT molecular complexity index is 594. The Hall–Kier alpha value is -1.85. The number of nitrogens with one attached hydrogen (secondary N) is 1. The Labute approximate surface area is 124 Å². The van der Waals surface area contributed by atoms with Gasteiger partial charge < -0.3 is 15.0 Å². The maximum atomic E-state index is 12.0. The lowest BCUT2D eigenvalue weighted by atomic mass is 9.61. The highest BCUT2D eigenvalue weighted by molar-refractivity contribution is 5.71. The molecule has 0 amide bonds. The van der Waals surface area contributed by atoms with Crippen molar-refractivity contribution in [1.82, 2.24) is 9.55 Å². The summed E-state index contributed by atoms with van der Waals surface area (Å²) in [5, 5.41) is 12.6. The molecule has 6 heteroatoms. The second-order valence-electron chi connectivity index (χ2n) is 6.52. The summed E-state index contributed by atoms with van der Waals surface area (Å²) in [7, 11) is 1.68. The minimum atomic E-state index is -0.737. The highest BCUT2D eigenvalue weighted by atomic mass is 16.4. The van der Waals surface area contributed by atoms with Crippen LogP contribution in [-0.4, -0.2) is 26.7 Å². The zero-order chi connectivity index (χ0) is 15.8. The van der Waals surface area contributed by atoms with E-state index < -0.39 is 5.97 Å². The van der Waals surface area contributed by atoms with E-state index in [9.17, 15) is 14.7 Å². The van der Waals surface area contributed by atoms with Crippen LogP contribution in [0.2, 0.25) is 0 Å². The standard InChI is InChI=1S/C15H23N3O3/c1-9-11(6-5-10(14(20)21)15(9,2)3)17-12-13(19)18(4)8-7-16-12/h7-11H,5-6H2,1-4H3,(H,16,17)(H,20,21). The number of rotatable bonds is 3. The molecule has 1 aromatic heterocycles. The minimum Gasteiger partial charge on any atom is -0.481 e. The van der Waals surface area contributed by atoms with Gasteiger partial charge in [-0.3, -0.25) is 9.59 Å². The number of hydrogen-bond donors (Lipinski definition) is 2. The summed E-state index contributed by atoms with van der Waals surface area (Å²) in [5.74, 6) is -0.628. The molecule has 0 aromatic carbocycles. The van der Waals surface area contributed by atoms with E-state index in [2.05, 4.69) is 10.3 Å². The Kier molecular flexibility index (Phi) is 4.07. The molecule has 0 spiro atoms. The summed E-state index contributed by atoms with van der Waals surface area (Å²) < 4.78 is 1.48. The predicted molar refractivity (Wildman–Crippen MR) is 80.2 cm³/mol. The van der Waals surface area contributed by atoms with Crippen molar-refractivity contribution in [1.29, 1.82) is 0 Å². The molecule has 1 heterocycles. The number of anilines is 1. The van der Waals surface area contributed by atoms with E-state index in [4.69, 9.17) is 0 Å². The van der Waals surface area contributed by atoms with Crippen molar-refractivity contribution in [3.8, 4) is 0 Å². The first-order chi connectivity index (χ1) is 9.75. The lowest BCUT2D eigenvalue weighted by Gasteiger charge is -2.46. The normalized spacial score (nSPS) is 28.1. The third-order valence-corrected chi connectivity index (χ3v) is 5.08. The predicted octanol–water partition coefficient (Wildman–Crippen LogP) is 1.72. The molecule has 1 aromatic rings. The van der Waals surface area contributed by atoms with Crippen LogP contribution in [0.5, 0.6) is 0 Å². The lowest BCUT2D eigenvalue weighted by Crippen LogP contribution is -2.49. The zero-order valence-corrected chi connectivity index (χ0v) is 13.0. The van der Waals surface area contributed by atoms with Crippen molar-refractivity contribution in [3.05, 3.63) is 22.7 Å². The van der Waals surface area contributed by atoms with Gasteiger partial charge in [0, 0.05) is 25.5 Å². The van der Waals surface area contributed by atoms with Gasteiger partial charge in [-0.05, 0) is 24.2 Å². The smallest absolute Gasteiger partial charge is 0.307 e. The number of aliphatic carboxylic acids is 1. The minimum absolute atomic E-state index is 0.0539. The quantitative estimate of drug-likeness (QED) is 0.886. The molecule has 2 rings (SSSR count). The fourth-order valence-electron chi connectivity index (χ4n) is 3.22. The molecule has 1 saturated carbocycles. The van der Waals surface area contributed by atoms with Crippen molar-refractivity contribution < 1.29 is 9.90 Å². The summed E-state index contributed by atoms with van der Waals surface area (Å²) in [4.78, 5) is 27.5. The average molecular weight is 293 g/mol. The van der Waals surface area contributed by atoms with Crippen LogP contribution in [-0.2, 0) is 11.8 Å². The van der Waals surface area contributed by atoms with E-state index in [1.165, 1.54) is 4.57 Å². The van der Waals surface area contributed by atoms with Crippen molar-refractivity contribution in [3.63, 3.8) is 0 Å². The van der Waals surface area contributed by atoms with E-state index in [1.54, 1.807) is 19.4 Å². The average Bonchev–Trinajstić information content (AvgIpc) is 2.39. The van der Waals surface area contributed by atoms with Crippen molar-refractivity contribution in [2.24, 2.45) is 24.3 Å².